The van der Waals surface area contributed by atoms with Crippen LogP contribution in [0.25, 0.3) is 10.9 Å². The molecule has 2 aromatic rings. The average Bonchev–Trinajstić information content (AvgIpc) is 2.63. The van der Waals surface area contributed by atoms with Gasteiger partial charge in [-0.15, -0.1) is 0 Å². The number of carboxylic acids is 1. The number of aromatic carboxylic acids is 1. The third-order valence-electron chi connectivity index (χ3n) is 3.45. The molecule has 0 saturated heterocycles. The van der Waals surface area contributed by atoms with Gasteiger partial charge in [0.05, 0.1) is 5.56 Å². The zero-order valence-electron chi connectivity index (χ0n) is 11.1. The lowest BCUT2D eigenvalue weighted by Crippen LogP contribution is -1.97. The molecule has 3 heteroatoms. The number of aromatic amines is 1. The Hall–Kier alpha value is -1.77. The van der Waals surface area contributed by atoms with Crippen LogP contribution in [0.1, 0.15) is 46.9 Å². The summed E-state index contributed by atoms with van der Waals surface area (Å²) in [6.07, 6.45) is 3.28. The Morgan fingerprint density at radius 2 is 2.06 bits per heavy atom. The number of carboxylic acid groups (broad SMARTS) is 1. The van der Waals surface area contributed by atoms with Crippen molar-refractivity contribution >= 4 is 16.9 Å². The van der Waals surface area contributed by atoms with Gasteiger partial charge in [0.1, 0.15) is 0 Å². The standard InChI is InChI=1S/C15H19NO2/c1-4-5-6-12-10(3)16-14-9(2)7-11(15(17)18)8-13(12)14/h7-8,16H,4-6H2,1-3H3,(H,17,18). The minimum Gasteiger partial charge on any atom is -0.478 e. The fraction of sp³-hybridized carbons (Fsp3) is 0.400. The van der Waals surface area contributed by atoms with E-state index in [1.165, 1.54) is 5.56 Å². The number of carbonyl (C=O) groups is 1. The summed E-state index contributed by atoms with van der Waals surface area (Å²) >= 11 is 0. The van der Waals surface area contributed by atoms with Gasteiger partial charge in [-0.1, -0.05) is 13.3 Å². The second-order valence-electron chi connectivity index (χ2n) is 4.85. The molecule has 3 nitrogen and oxygen atoms in total. The fourth-order valence-electron chi connectivity index (χ4n) is 2.46. The van der Waals surface area contributed by atoms with Crippen LogP contribution in [0, 0.1) is 13.8 Å². The van der Waals surface area contributed by atoms with Gasteiger partial charge in [0.2, 0.25) is 0 Å². The van der Waals surface area contributed by atoms with Crippen LogP contribution >= 0.6 is 0 Å². The molecule has 0 atom stereocenters. The molecular formula is C15H19NO2. The van der Waals surface area contributed by atoms with E-state index in [9.17, 15) is 4.79 Å². The molecule has 1 aromatic heterocycles. The van der Waals surface area contributed by atoms with E-state index < -0.39 is 5.97 Å². The second kappa shape index (κ2) is 4.84. The summed E-state index contributed by atoms with van der Waals surface area (Å²) in [6, 6.07) is 3.52. The summed E-state index contributed by atoms with van der Waals surface area (Å²) in [7, 11) is 0. The first-order valence-corrected chi connectivity index (χ1v) is 6.39. The molecule has 0 bridgehead atoms. The Labute approximate surface area is 107 Å². The largest absolute Gasteiger partial charge is 0.478 e. The molecule has 2 rings (SSSR count). The van der Waals surface area contributed by atoms with Gasteiger partial charge in [0.15, 0.2) is 0 Å². The van der Waals surface area contributed by atoms with Crippen molar-refractivity contribution in [3.05, 3.63) is 34.5 Å². The van der Waals surface area contributed by atoms with Gasteiger partial charge in [-0.3, -0.25) is 0 Å². The Balaban J connectivity index is 2.63. The molecule has 1 aromatic carbocycles. The molecule has 1 heterocycles. The maximum atomic E-state index is 11.1. The summed E-state index contributed by atoms with van der Waals surface area (Å²) < 4.78 is 0. The molecule has 0 spiro atoms. The van der Waals surface area contributed by atoms with E-state index >= 15 is 0 Å². The van der Waals surface area contributed by atoms with Crippen LogP contribution in [-0.2, 0) is 6.42 Å². The highest BCUT2D eigenvalue weighted by molar-refractivity contribution is 5.96. The molecule has 0 amide bonds. The van der Waals surface area contributed by atoms with E-state index in [4.69, 9.17) is 5.11 Å². The van der Waals surface area contributed by atoms with Gasteiger partial charge in [-0.05, 0) is 49.9 Å². The van der Waals surface area contributed by atoms with E-state index in [2.05, 4.69) is 18.8 Å². The number of hydrogen-bond donors (Lipinski definition) is 2. The van der Waals surface area contributed by atoms with Crippen LogP contribution in [0.3, 0.4) is 0 Å². The normalized spacial score (nSPS) is 11.1. The van der Waals surface area contributed by atoms with Crippen molar-refractivity contribution in [2.45, 2.75) is 40.0 Å². The van der Waals surface area contributed by atoms with Crippen molar-refractivity contribution < 1.29 is 9.90 Å². The Morgan fingerprint density at radius 3 is 2.67 bits per heavy atom. The highest BCUT2D eigenvalue weighted by Gasteiger charge is 2.13. The Bertz CT molecular complexity index is 596. The van der Waals surface area contributed by atoms with Crippen molar-refractivity contribution in [3.8, 4) is 0 Å². The molecule has 0 aliphatic carbocycles. The monoisotopic (exact) mass is 245 g/mol. The SMILES string of the molecule is CCCCc1c(C)[nH]c2c(C)cc(C(=O)O)cc12. The van der Waals surface area contributed by atoms with Gasteiger partial charge in [0.25, 0.3) is 0 Å². The van der Waals surface area contributed by atoms with E-state index in [0.29, 0.717) is 5.56 Å². The maximum Gasteiger partial charge on any atom is 0.335 e. The molecule has 0 radical (unpaired) electrons. The molecular weight excluding hydrogens is 226 g/mol. The fourth-order valence-corrected chi connectivity index (χ4v) is 2.46. The topological polar surface area (TPSA) is 53.1 Å². The van der Waals surface area contributed by atoms with Crippen LogP contribution in [0.2, 0.25) is 0 Å². The minimum absolute atomic E-state index is 0.372. The van der Waals surface area contributed by atoms with Gasteiger partial charge in [-0.2, -0.15) is 0 Å². The summed E-state index contributed by atoms with van der Waals surface area (Å²) in [5.74, 6) is -0.861. The van der Waals surface area contributed by atoms with E-state index in [1.807, 2.05) is 6.92 Å². The van der Waals surface area contributed by atoms with E-state index in [-0.39, 0.29) is 0 Å². The second-order valence-corrected chi connectivity index (χ2v) is 4.85. The average molecular weight is 245 g/mol. The van der Waals surface area contributed by atoms with Crippen LogP contribution in [0.4, 0.5) is 0 Å². The van der Waals surface area contributed by atoms with Crippen LogP contribution < -0.4 is 0 Å². The number of aryl methyl sites for hydroxylation is 3. The number of nitrogens with one attached hydrogen (secondary N) is 1. The zero-order valence-corrected chi connectivity index (χ0v) is 11.1. The number of fused-ring (bicyclic) bond motifs is 1. The molecule has 0 saturated carbocycles. The molecule has 18 heavy (non-hydrogen) atoms. The molecule has 0 aliphatic rings. The highest BCUT2D eigenvalue weighted by atomic mass is 16.4. The van der Waals surface area contributed by atoms with Crippen LogP contribution in [0.5, 0.6) is 0 Å². The number of aromatic nitrogens is 1. The summed E-state index contributed by atoms with van der Waals surface area (Å²) in [4.78, 5) is 14.5. The Kier molecular flexibility index (Phi) is 3.41. The number of H-pyrrole nitrogens is 1. The van der Waals surface area contributed by atoms with Crippen LogP contribution in [-0.4, -0.2) is 16.1 Å². The summed E-state index contributed by atoms with van der Waals surface area (Å²) in [5.41, 5.74) is 4.86. The van der Waals surface area contributed by atoms with Crippen LogP contribution in [0.15, 0.2) is 12.1 Å². The maximum absolute atomic E-state index is 11.1. The van der Waals surface area contributed by atoms with E-state index in [0.717, 1.165) is 41.4 Å². The first-order valence-electron chi connectivity index (χ1n) is 6.39. The first-order chi connectivity index (χ1) is 8.54. The highest BCUT2D eigenvalue weighted by Crippen LogP contribution is 2.27. The third kappa shape index (κ3) is 2.13. The van der Waals surface area contributed by atoms with Crippen molar-refractivity contribution in [1.29, 1.82) is 0 Å². The van der Waals surface area contributed by atoms with Crippen molar-refractivity contribution in [3.63, 3.8) is 0 Å². The van der Waals surface area contributed by atoms with Gasteiger partial charge in [-0.25, -0.2) is 4.79 Å². The Morgan fingerprint density at radius 1 is 1.33 bits per heavy atom. The number of benzene rings is 1. The lowest BCUT2D eigenvalue weighted by Gasteiger charge is -2.03. The summed E-state index contributed by atoms with van der Waals surface area (Å²) in [5, 5.41) is 10.2. The number of rotatable bonds is 4. The third-order valence-corrected chi connectivity index (χ3v) is 3.45. The molecule has 0 aliphatic heterocycles. The predicted octanol–water partition coefficient (Wildman–Crippen LogP) is 3.83. The quantitative estimate of drug-likeness (QED) is 0.860. The molecule has 96 valence electrons. The predicted molar refractivity (Wildman–Crippen MR) is 73.3 cm³/mol. The molecule has 2 N–H and O–H groups in total. The smallest absolute Gasteiger partial charge is 0.335 e. The van der Waals surface area contributed by atoms with Gasteiger partial charge >= 0.3 is 5.97 Å². The minimum atomic E-state index is -0.861. The lowest BCUT2D eigenvalue weighted by atomic mass is 10.0. The first kappa shape index (κ1) is 12.7. The molecule has 0 fully saturated rings. The summed E-state index contributed by atoms with van der Waals surface area (Å²) in [6.45, 7) is 6.18. The van der Waals surface area contributed by atoms with Crippen molar-refractivity contribution in [2.75, 3.05) is 0 Å². The van der Waals surface area contributed by atoms with Crippen molar-refractivity contribution in [2.24, 2.45) is 0 Å². The number of unbranched alkanes of at least 4 members (excludes halogenated alkanes) is 1. The lowest BCUT2D eigenvalue weighted by molar-refractivity contribution is 0.0697. The number of hydrogen-bond acceptors (Lipinski definition) is 1. The van der Waals surface area contributed by atoms with E-state index in [1.54, 1.807) is 12.1 Å². The zero-order chi connectivity index (χ0) is 13.3. The molecule has 0 unspecified atom stereocenters. The van der Waals surface area contributed by atoms with Crippen molar-refractivity contribution in [1.82, 2.24) is 4.98 Å². The van der Waals surface area contributed by atoms with Gasteiger partial charge < -0.3 is 10.1 Å². The van der Waals surface area contributed by atoms with Gasteiger partial charge in [0, 0.05) is 16.6 Å².